The van der Waals surface area contributed by atoms with Gasteiger partial charge in [0, 0.05) is 18.7 Å². The average Bonchev–Trinajstić information content (AvgIpc) is 2.82. The summed E-state index contributed by atoms with van der Waals surface area (Å²) < 4.78 is 38.3. The van der Waals surface area contributed by atoms with E-state index in [1.807, 2.05) is 0 Å². The number of carbonyl (C=O) groups is 2. The van der Waals surface area contributed by atoms with E-state index >= 15 is 0 Å². The summed E-state index contributed by atoms with van der Waals surface area (Å²) in [4.78, 5) is 28.1. The number of rotatable bonds is 5. The molecule has 170 valence electrons. The van der Waals surface area contributed by atoms with E-state index in [9.17, 15) is 18.4 Å². The highest BCUT2D eigenvalue weighted by molar-refractivity contribution is 6.04. The van der Waals surface area contributed by atoms with Gasteiger partial charge in [0.2, 0.25) is 5.91 Å². The average molecular weight is 452 g/mol. The summed E-state index contributed by atoms with van der Waals surface area (Å²) in [5.74, 6) is -2.35. The van der Waals surface area contributed by atoms with Crippen LogP contribution < -0.4 is 14.8 Å². The summed E-state index contributed by atoms with van der Waals surface area (Å²) in [7, 11) is 4.62. The van der Waals surface area contributed by atoms with Gasteiger partial charge >= 0.3 is 0 Å². The third-order valence-electron chi connectivity index (χ3n) is 5.80. The molecule has 2 amide bonds. The number of anilines is 1. The summed E-state index contributed by atoms with van der Waals surface area (Å²) in [5, 5.41) is 2.56. The molecule has 3 aromatic rings. The number of hydrogen-bond acceptors (Lipinski definition) is 4. The van der Waals surface area contributed by atoms with Crippen LogP contribution in [0, 0.1) is 11.6 Å². The Hall–Kier alpha value is -3.94. The molecule has 0 aromatic heterocycles. The molecule has 1 heterocycles. The first-order chi connectivity index (χ1) is 15.8. The van der Waals surface area contributed by atoms with Gasteiger partial charge in [0.25, 0.3) is 5.91 Å². The Labute approximate surface area is 189 Å². The molecule has 0 fully saturated rings. The Morgan fingerprint density at radius 3 is 2.39 bits per heavy atom. The highest BCUT2D eigenvalue weighted by Crippen LogP contribution is 2.44. The number of carbonyl (C=O) groups excluding carboxylic acids is 2. The van der Waals surface area contributed by atoms with E-state index in [0.29, 0.717) is 34.3 Å². The Morgan fingerprint density at radius 1 is 0.970 bits per heavy atom. The van der Waals surface area contributed by atoms with Crippen LogP contribution in [-0.2, 0) is 4.79 Å². The molecule has 0 bridgehead atoms. The summed E-state index contributed by atoms with van der Waals surface area (Å²) in [5.41, 5.74) is 1.39. The van der Waals surface area contributed by atoms with Gasteiger partial charge in [-0.15, -0.1) is 0 Å². The lowest BCUT2D eigenvalue weighted by Gasteiger charge is -2.40. The van der Waals surface area contributed by atoms with E-state index in [4.69, 9.17) is 9.47 Å². The standard InChI is InChI=1S/C25H22F2N2O4/c1-29-23(14-8-11-20(32-2)21(12-14)33-3)22(16-6-4-5-7-17(16)25(29)31)24(30)28-19-10-9-15(26)13-18(19)27/h4-13,22-23H,1-3H3,(H,28,30). The van der Waals surface area contributed by atoms with Crippen LogP contribution in [0.1, 0.15) is 33.4 Å². The fraction of sp³-hybridized carbons (Fsp3) is 0.200. The van der Waals surface area contributed by atoms with Gasteiger partial charge in [-0.2, -0.15) is 0 Å². The highest BCUT2D eigenvalue weighted by Gasteiger charge is 2.43. The van der Waals surface area contributed by atoms with Crippen LogP contribution >= 0.6 is 0 Å². The number of nitrogens with one attached hydrogen (secondary N) is 1. The van der Waals surface area contributed by atoms with Gasteiger partial charge in [-0.25, -0.2) is 8.78 Å². The molecule has 33 heavy (non-hydrogen) atoms. The topological polar surface area (TPSA) is 67.9 Å². The molecule has 2 atom stereocenters. The molecule has 3 aromatic carbocycles. The van der Waals surface area contributed by atoms with Crippen LogP contribution in [0.15, 0.2) is 60.7 Å². The van der Waals surface area contributed by atoms with Gasteiger partial charge in [-0.05, 0) is 41.5 Å². The van der Waals surface area contributed by atoms with Crippen LogP contribution in [0.2, 0.25) is 0 Å². The lowest BCUT2D eigenvalue weighted by molar-refractivity contribution is -0.119. The fourth-order valence-corrected chi connectivity index (χ4v) is 4.21. The molecular formula is C25H22F2N2O4. The monoisotopic (exact) mass is 452 g/mol. The number of hydrogen-bond donors (Lipinski definition) is 1. The van der Waals surface area contributed by atoms with Crippen LogP contribution in [-0.4, -0.2) is 38.0 Å². The van der Waals surface area contributed by atoms with Gasteiger partial charge in [-0.3, -0.25) is 9.59 Å². The summed E-state index contributed by atoms with van der Waals surface area (Å²) in [6.45, 7) is 0. The van der Waals surface area contributed by atoms with E-state index in [-0.39, 0.29) is 11.6 Å². The van der Waals surface area contributed by atoms with Crippen LogP contribution in [0.25, 0.3) is 0 Å². The smallest absolute Gasteiger partial charge is 0.254 e. The predicted molar refractivity (Wildman–Crippen MR) is 119 cm³/mol. The summed E-state index contributed by atoms with van der Waals surface area (Å²) in [6, 6.07) is 14.2. The van der Waals surface area contributed by atoms with E-state index < -0.39 is 29.5 Å². The van der Waals surface area contributed by atoms with Crippen molar-refractivity contribution in [1.29, 1.82) is 0 Å². The lowest BCUT2D eigenvalue weighted by Crippen LogP contribution is -2.44. The van der Waals surface area contributed by atoms with Crippen molar-refractivity contribution >= 4 is 17.5 Å². The maximum absolute atomic E-state index is 14.3. The molecular weight excluding hydrogens is 430 g/mol. The largest absolute Gasteiger partial charge is 0.493 e. The Balaban J connectivity index is 1.83. The number of nitrogens with zero attached hydrogens (tertiary/aromatic N) is 1. The fourth-order valence-electron chi connectivity index (χ4n) is 4.21. The van der Waals surface area contributed by atoms with E-state index in [2.05, 4.69) is 5.32 Å². The second-order valence-corrected chi connectivity index (χ2v) is 7.65. The van der Waals surface area contributed by atoms with Crippen molar-refractivity contribution < 1.29 is 27.8 Å². The zero-order valence-corrected chi connectivity index (χ0v) is 18.3. The molecule has 0 saturated carbocycles. The third-order valence-corrected chi connectivity index (χ3v) is 5.80. The van der Waals surface area contributed by atoms with Gasteiger partial charge in [-0.1, -0.05) is 24.3 Å². The molecule has 4 rings (SSSR count). The van der Waals surface area contributed by atoms with Gasteiger partial charge in [0.05, 0.1) is 31.9 Å². The number of benzene rings is 3. The zero-order valence-electron chi connectivity index (χ0n) is 18.3. The molecule has 0 saturated heterocycles. The van der Waals surface area contributed by atoms with Crippen LogP contribution in [0.4, 0.5) is 14.5 Å². The molecule has 0 radical (unpaired) electrons. The molecule has 1 N–H and O–H groups in total. The first-order valence-corrected chi connectivity index (χ1v) is 10.2. The first-order valence-electron chi connectivity index (χ1n) is 10.2. The number of methoxy groups -OCH3 is 2. The Morgan fingerprint density at radius 2 is 1.70 bits per heavy atom. The second kappa shape index (κ2) is 8.90. The van der Waals surface area contributed by atoms with Gasteiger partial charge in [0.15, 0.2) is 11.5 Å². The third kappa shape index (κ3) is 4.00. The number of likely N-dealkylation sites (N-methyl/N-ethyl adjacent to an activating group) is 1. The summed E-state index contributed by atoms with van der Waals surface area (Å²) >= 11 is 0. The van der Waals surface area contributed by atoms with E-state index in [1.54, 1.807) is 49.5 Å². The molecule has 1 aliphatic rings. The highest BCUT2D eigenvalue weighted by atomic mass is 19.1. The predicted octanol–water partition coefficient (Wildman–Crippen LogP) is 4.53. The van der Waals surface area contributed by atoms with Gasteiger partial charge < -0.3 is 19.7 Å². The Kier molecular flexibility index (Phi) is 6.00. The lowest BCUT2D eigenvalue weighted by atomic mass is 9.79. The van der Waals surface area contributed by atoms with Crippen molar-refractivity contribution in [2.24, 2.45) is 0 Å². The summed E-state index contributed by atoms with van der Waals surface area (Å²) in [6.07, 6.45) is 0. The van der Waals surface area contributed by atoms with Crippen molar-refractivity contribution in [3.63, 3.8) is 0 Å². The van der Waals surface area contributed by atoms with Crippen molar-refractivity contribution in [3.8, 4) is 11.5 Å². The van der Waals surface area contributed by atoms with Gasteiger partial charge in [0.1, 0.15) is 11.6 Å². The van der Waals surface area contributed by atoms with E-state index in [0.717, 1.165) is 12.1 Å². The number of fused-ring (bicyclic) bond motifs is 1. The van der Waals surface area contributed by atoms with Crippen molar-refractivity contribution in [1.82, 2.24) is 4.90 Å². The van der Waals surface area contributed by atoms with Crippen molar-refractivity contribution in [3.05, 3.63) is 89.0 Å². The van der Waals surface area contributed by atoms with E-state index in [1.165, 1.54) is 19.1 Å². The molecule has 8 heteroatoms. The number of ether oxygens (including phenoxy) is 2. The molecule has 2 unspecified atom stereocenters. The van der Waals surface area contributed by atoms with Crippen molar-refractivity contribution in [2.45, 2.75) is 12.0 Å². The SMILES string of the molecule is COc1ccc(C2C(C(=O)Nc3ccc(F)cc3F)c3ccccc3C(=O)N2C)cc1OC. The quantitative estimate of drug-likeness (QED) is 0.618. The van der Waals surface area contributed by atoms with Crippen molar-refractivity contribution in [2.75, 3.05) is 26.6 Å². The first kappa shape index (κ1) is 22.3. The molecule has 1 aliphatic heterocycles. The zero-order chi connectivity index (χ0) is 23.7. The number of amides is 2. The molecule has 0 spiro atoms. The van der Waals surface area contributed by atoms with Crippen LogP contribution in [0.5, 0.6) is 11.5 Å². The molecule has 6 nitrogen and oxygen atoms in total. The second-order valence-electron chi connectivity index (χ2n) is 7.65. The minimum absolute atomic E-state index is 0.149. The minimum atomic E-state index is -0.889. The molecule has 0 aliphatic carbocycles. The minimum Gasteiger partial charge on any atom is -0.493 e. The van der Waals surface area contributed by atoms with Crippen LogP contribution in [0.3, 0.4) is 0 Å². The maximum Gasteiger partial charge on any atom is 0.254 e. The number of halogens is 2. The normalized spacial score (nSPS) is 17.4. The maximum atomic E-state index is 14.3. The Bertz CT molecular complexity index is 1230.